The lowest BCUT2D eigenvalue weighted by Crippen LogP contribution is -2.27. The van der Waals surface area contributed by atoms with E-state index in [1.54, 1.807) is 0 Å². The minimum Gasteiger partial charge on any atom is -0.304 e. The SMILES string of the molecule is O=c1cnccn1CC(F)(F)F. The molecule has 0 unspecified atom stereocenters. The van der Waals surface area contributed by atoms with E-state index in [1.807, 2.05) is 0 Å². The van der Waals surface area contributed by atoms with Gasteiger partial charge >= 0.3 is 6.18 Å². The van der Waals surface area contributed by atoms with Gasteiger partial charge in [0.1, 0.15) is 6.54 Å². The molecule has 0 radical (unpaired) electrons. The number of hydrogen-bond donors (Lipinski definition) is 0. The maximum Gasteiger partial charge on any atom is 0.406 e. The van der Waals surface area contributed by atoms with Crippen LogP contribution >= 0.6 is 0 Å². The van der Waals surface area contributed by atoms with E-state index in [-0.39, 0.29) is 0 Å². The van der Waals surface area contributed by atoms with Crippen molar-refractivity contribution in [2.24, 2.45) is 0 Å². The van der Waals surface area contributed by atoms with Crippen molar-refractivity contribution in [3.63, 3.8) is 0 Å². The van der Waals surface area contributed by atoms with Gasteiger partial charge in [-0.3, -0.25) is 9.78 Å². The predicted octanol–water partition coefficient (Wildman–Crippen LogP) is 0.806. The van der Waals surface area contributed by atoms with Gasteiger partial charge in [0, 0.05) is 12.4 Å². The molecular formula is C6H5F3N2O. The van der Waals surface area contributed by atoms with Gasteiger partial charge in [-0.15, -0.1) is 0 Å². The molecular weight excluding hydrogens is 173 g/mol. The molecule has 0 aliphatic rings. The van der Waals surface area contributed by atoms with Crippen LogP contribution in [-0.2, 0) is 6.54 Å². The van der Waals surface area contributed by atoms with Crippen molar-refractivity contribution in [1.82, 2.24) is 9.55 Å². The molecule has 0 aromatic carbocycles. The Kier molecular flexibility index (Phi) is 2.16. The summed E-state index contributed by atoms with van der Waals surface area (Å²) in [4.78, 5) is 14.1. The predicted molar refractivity (Wildman–Crippen MR) is 34.6 cm³/mol. The molecule has 66 valence electrons. The number of hydrogen-bond acceptors (Lipinski definition) is 2. The summed E-state index contributed by atoms with van der Waals surface area (Å²) >= 11 is 0. The zero-order chi connectivity index (χ0) is 9.19. The second kappa shape index (κ2) is 2.96. The van der Waals surface area contributed by atoms with Crippen LogP contribution < -0.4 is 5.56 Å². The molecule has 0 fully saturated rings. The van der Waals surface area contributed by atoms with E-state index in [9.17, 15) is 18.0 Å². The Labute approximate surface area is 65.5 Å². The van der Waals surface area contributed by atoms with E-state index in [2.05, 4.69) is 4.98 Å². The molecule has 0 atom stereocenters. The van der Waals surface area contributed by atoms with Crippen molar-refractivity contribution >= 4 is 0 Å². The van der Waals surface area contributed by atoms with Crippen LogP contribution in [0.5, 0.6) is 0 Å². The highest BCUT2D eigenvalue weighted by atomic mass is 19.4. The van der Waals surface area contributed by atoms with E-state index in [1.165, 1.54) is 0 Å². The normalized spacial score (nSPS) is 11.6. The standard InChI is InChI=1S/C6H5F3N2O/c7-6(8,9)4-11-2-1-10-3-5(11)12/h1-3H,4H2. The first-order valence-corrected chi connectivity index (χ1v) is 3.06. The summed E-state index contributed by atoms with van der Waals surface area (Å²) in [6.07, 6.45) is -1.40. The summed E-state index contributed by atoms with van der Waals surface area (Å²) < 4.78 is 35.8. The van der Waals surface area contributed by atoms with Gasteiger partial charge in [0.2, 0.25) is 0 Å². The fourth-order valence-corrected chi connectivity index (χ4v) is 0.697. The lowest BCUT2D eigenvalue weighted by atomic mass is 10.5. The topological polar surface area (TPSA) is 34.9 Å². The lowest BCUT2D eigenvalue weighted by Gasteiger charge is -2.07. The van der Waals surface area contributed by atoms with Gasteiger partial charge in [0.15, 0.2) is 0 Å². The molecule has 0 bridgehead atoms. The molecule has 6 heteroatoms. The van der Waals surface area contributed by atoms with Crippen LogP contribution in [0.3, 0.4) is 0 Å². The molecule has 1 aromatic heterocycles. The molecule has 0 saturated carbocycles. The minimum absolute atomic E-state index is 0.549. The van der Waals surface area contributed by atoms with E-state index >= 15 is 0 Å². The summed E-state index contributed by atoms with van der Waals surface area (Å²) in [6.45, 7) is -1.27. The van der Waals surface area contributed by atoms with Crippen LogP contribution in [0.2, 0.25) is 0 Å². The Morgan fingerprint density at radius 2 is 2.17 bits per heavy atom. The molecule has 0 aliphatic heterocycles. The largest absolute Gasteiger partial charge is 0.406 e. The second-order valence-electron chi connectivity index (χ2n) is 2.16. The van der Waals surface area contributed by atoms with Gasteiger partial charge in [-0.25, -0.2) is 0 Å². The Hall–Kier alpha value is -1.33. The Morgan fingerprint density at radius 3 is 2.67 bits per heavy atom. The maximum atomic E-state index is 11.7. The number of alkyl halides is 3. The van der Waals surface area contributed by atoms with Crippen LogP contribution in [0.1, 0.15) is 0 Å². The molecule has 0 N–H and O–H groups in total. The zero-order valence-electron chi connectivity index (χ0n) is 5.88. The molecule has 3 nitrogen and oxygen atoms in total. The summed E-state index contributed by atoms with van der Waals surface area (Å²) in [5, 5.41) is 0. The lowest BCUT2D eigenvalue weighted by molar-refractivity contribution is -0.141. The molecule has 0 amide bonds. The second-order valence-corrected chi connectivity index (χ2v) is 2.16. The van der Waals surface area contributed by atoms with Crippen LogP contribution in [0.25, 0.3) is 0 Å². The molecule has 0 saturated heterocycles. The zero-order valence-corrected chi connectivity index (χ0v) is 5.88. The van der Waals surface area contributed by atoms with Gasteiger partial charge in [0.25, 0.3) is 5.56 Å². The number of halogens is 3. The first kappa shape index (κ1) is 8.76. The van der Waals surface area contributed by atoms with Crippen molar-refractivity contribution < 1.29 is 13.2 Å². The van der Waals surface area contributed by atoms with Crippen LogP contribution in [0.15, 0.2) is 23.4 Å². The average molecular weight is 178 g/mol. The average Bonchev–Trinajstić information content (AvgIpc) is 1.91. The number of nitrogens with zero attached hydrogens (tertiary/aromatic N) is 2. The van der Waals surface area contributed by atoms with Gasteiger partial charge < -0.3 is 4.57 Å². The first-order chi connectivity index (χ1) is 5.49. The third kappa shape index (κ3) is 2.37. The quantitative estimate of drug-likeness (QED) is 0.637. The minimum atomic E-state index is -4.37. The highest BCUT2D eigenvalue weighted by molar-refractivity contribution is 4.80. The van der Waals surface area contributed by atoms with Crippen molar-refractivity contribution in [1.29, 1.82) is 0 Å². The summed E-state index contributed by atoms with van der Waals surface area (Å²) in [5.41, 5.74) is -0.755. The van der Waals surface area contributed by atoms with Crippen molar-refractivity contribution in [3.05, 3.63) is 28.9 Å². The molecule has 1 rings (SSSR count). The smallest absolute Gasteiger partial charge is 0.304 e. The fraction of sp³-hybridized carbons (Fsp3) is 0.333. The van der Waals surface area contributed by atoms with Crippen molar-refractivity contribution in [2.75, 3.05) is 0 Å². The first-order valence-electron chi connectivity index (χ1n) is 3.06. The fourth-order valence-electron chi connectivity index (χ4n) is 0.697. The van der Waals surface area contributed by atoms with Crippen LogP contribution in [0, 0.1) is 0 Å². The molecule has 12 heavy (non-hydrogen) atoms. The van der Waals surface area contributed by atoms with Crippen molar-refractivity contribution in [2.45, 2.75) is 12.7 Å². The van der Waals surface area contributed by atoms with Crippen molar-refractivity contribution in [3.8, 4) is 0 Å². The third-order valence-electron chi connectivity index (χ3n) is 1.15. The van der Waals surface area contributed by atoms with Gasteiger partial charge in [-0.05, 0) is 0 Å². The van der Waals surface area contributed by atoms with Gasteiger partial charge in [0.05, 0.1) is 6.20 Å². The summed E-state index contributed by atoms with van der Waals surface area (Å²) in [6, 6.07) is 0. The number of rotatable bonds is 1. The summed E-state index contributed by atoms with van der Waals surface area (Å²) in [7, 11) is 0. The Morgan fingerprint density at radius 1 is 1.50 bits per heavy atom. The van der Waals surface area contributed by atoms with Crippen LogP contribution in [-0.4, -0.2) is 15.7 Å². The van der Waals surface area contributed by atoms with E-state index in [4.69, 9.17) is 0 Å². The Bertz CT molecular complexity index is 317. The summed E-state index contributed by atoms with van der Waals surface area (Å²) in [5.74, 6) is 0. The highest BCUT2D eigenvalue weighted by Crippen LogP contribution is 2.15. The molecule has 0 spiro atoms. The van der Waals surface area contributed by atoms with Gasteiger partial charge in [-0.1, -0.05) is 0 Å². The van der Waals surface area contributed by atoms with E-state index in [0.717, 1.165) is 18.6 Å². The van der Waals surface area contributed by atoms with Gasteiger partial charge in [-0.2, -0.15) is 13.2 Å². The third-order valence-corrected chi connectivity index (χ3v) is 1.15. The number of aromatic nitrogens is 2. The molecule has 1 heterocycles. The Balaban J connectivity index is 2.91. The molecule has 0 aliphatic carbocycles. The van der Waals surface area contributed by atoms with E-state index < -0.39 is 18.3 Å². The highest BCUT2D eigenvalue weighted by Gasteiger charge is 2.27. The maximum absolute atomic E-state index is 11.7. The molecule has 1 aromatic rings. The van der Waals surface area contributed by atoms with Crippen LogP contribution in [0.4, 0.5) is 13.2 Å². The monoisotopic (exact) mass is 178 g/mol. The van der Waals surface area contributed by atoms with E-state index in [0.29, 0.717) is 4.57 Å².